The molecule has 0 fully saturated rings. The number of esters is 1. The second-order valence-corrected chi connectivity index (χ2v) is 5.84. The average molecular weight is 392 g/mol. The molecule has 24 heavy (non-hydrogen) atoms. The summed E-state index contributed by atoms with van der Waals surface area (Å²) in [7, 11) is 0. The van der Waals surface area contributed by atoms with Crippen molar-refractivity contribution in [2.75, 3.05) is 11.9 Å². The summed E-state index contributed by atoms with van der Waals surface area (Å²) in [5, 5.41) is 12.2. The first kappa shape index (κ1) is 17.7. The number of Topliss-reactive ketones (excluding diaryl/α,β-unsaturated/α-hetero) is 1. The molecule has 2 aromatic carbocycles. The van der Waals surface area contributed by atoms with Crippen LogP contribution in [0.2, 0.25) is 0 Å². The molecule has 2 N–H and O–H groups in total. The predicted molar refractivity (Wildman–Crippen MR) is 91.2 cm³/mol. The number of ketones is 1. The fourth-order valence-electron chi connectivity index (χ4n) is 1.89. The molecule has 0 unspecified atom stereocenters. The first-order valence-electron chi connectivity index (χ1n) is 6.93. The molecule has 2 aromatic rings. The Labute approximate surface area is 146 Å². The molecule has 124 valence electrons. The summed E-state index contributed by atoms with van der Waals surface area (Å²) in [6.45, 7) is 0.905. The molecule has 0 aliphatic rings. The lowest BCUT2D eigenvalue weighted by atomic mass is 10.1. The lowest BCUT2D eigenvalue weighted by Crippen LogP contribution is -2.21. The summed E-state index contributed by atoms with van der Waals surface area (Å²) >= 11 is 3.18. The highest BCUT2D eigenvalue weighted by atomic mass is 79.9. The van der Waals surface area contributed by atoms with Gasteiger partial charge < -0.3 is 15.2 Å². The van der Waals surface area contributed by atoms with E-state index in [1.807, 2.05) is 0 Å². The Morgan fingerprint density at radius 2 is 1.92 bits per heavy atom. The van der Waals surface area contributed by atoms with Crippen molar-refractivity contribution >= 4 is 39.3 Å². The minimum atomic E-state index is -0.818. The number of hydrogen-bond acceptors (Lipinski definition) is 5. The Kier molecular flexibility index (Phi) is 5.70. The number of anilines is 1. The number of hydrogen-bond donors (Lipinski definition) is 2. The molecule has 0 saturated heterocycles. The van der Waals surface area contributed by atoms with Crippen LogP contribution in [-0.2, 0) is 9.53 Å². The number of phenols is 1. The molecule has 0 aliphatic heterocycles. The van der Waals surface area contributed by atoms with E-state index in [9.17, 15) is 19.5 Å². The molecule has 6 nitrogen and oxygen atoms in total. The van der Waals surface area contributed by atoms with Crippen LogP contribution in [0.5, 0.6) is 5.75 Å². The second kappa shape index (κ2) is 7.74. The van der Waals surface area contributed by atoms with Gasteiger partial charge in [-0.25, -0.2) is 4.79 Å². The maximum Gasteiger partial charge on any atom is 0.342 e. The SMILES string of the molecule is CC(=O)c1cccc(NC(=O)COC(=O)c2cc(Br)ccc2O)c1. The summed E-state index contributed by atoms with van der Waals surface area (Å²) in [4.78, 5) is 35.0. The Balaban J connectivity index is 1.96. The molecule has 0 radical (unpaired) electrons. The van der Waals surface area contributed by atoms with E-state index < -0.39 is 18.5 Å². The Hall–Kier alpha value is -2.67. The lowest BCUT2D eigenvalue weighted by Gasteiger charge is -2.08. The number of benzene rings is 2. The second-order valence-electron chi connectivity index (χ2n) is 4.92. The fraction of sp³-hybridized carbons (Fsp3) is 0.118. The smallest absolute Gasteiger partial charge is 0.342 e. The molecule has 0 aliphatic carbocycles. The molecule has 2 rings (SSSR count). The van der Waals surface area contributed by atoms with Crippen molar-refractivity contribution in [2.45, 2.75) is 6.92 Å². The third-order valence-electron chi connectivity index (χ3n) is 3.07. The van der Waals surface area contributed by atoms with Gasteiger partial charge >= 0.3 is 5.97 Å². The summed E-state index contributed by atoms with van der Waals surface area (Å²) in [5.74, 6) is -1.74. The number of carbonyl (C=O) groups excluding carboxylic acids is 3. The minimum absolute atomic E-state index is 0.0456. The minimum Gasteiger partial charge on any atom is -0.507 e. The van der Waals surface area contributed by atoms with Crippen molar-refractivity contribution in [1.29, 1.82) is 0 Å². The number of nitrogens with one attached hydrogen (secondary N) is 1. The number of ether oxygens (including phenoxy) is 1. The Morgan fingerprint density at radius 1 is 1.17 bits per heavy atom. The molecule has 0 atom stereocenters. The summed E-state index contributed by atoms with van der Waals surface area (Å²) < 4.78 is 5.47. The maximum atomic E-state index is 11.9. The normalized spacial score (nSPS) is 10.1. The summed E-state index contributed by atoms with van der Waals surface area (Å²) in [5.41, 5.74) is 0.841. The largest absolute Gasteiger partial charge is 0.507 e. The van der Waals surface area contributed by atoms with E-state index >= 15 is 0 Å². The number of aromatic hydroxyl groups is 1. The number of carbonyl (C=O) groups is 3. The predicted octanol–water partition coefficient (Wildman–Crippen LogP) is 3.15. The van der Waals surface area contributed by atoms with E-state index in [1.165, 1.54) is 25.1 Å². The highest BCUT2D eigenvalue weighted by molar-refractivity contribution is 9.10. The van der Waals surface area contributed by atoms with Gasteiger partial charge in [-0.05, 0) is 37.3 Å². The van der Waals surface area contributed by atoms with Gasteiger partial charge in [0.05, 0.1) is 0 Å². The topological polar surface area (TPSA) is 92.7 Å². The third-order valence-corrected chi connectivity index (χ3v) is 3.56. The summed E-state index contributed by atoms with van der Waals surface area (Å²) in [6.07, 6.45) is 0. The van der Waals surface area contributed by atoms with Crippen molar-refractivity contribution in [1.82, 2.24) is 0 Å². The van der Waals surface area contributed by atoms with Crippen LogP contribution in [0.4, 0.5) is 5.69 Å². The van der Waals surface area contributed by atoms with Crippen LogP contribution >= 0.6 is 15.9 Å². The van der Waals surface area contributed by atoms with Gasteiger partial charge in [0.15, 0.2) is 12.4 Å². The van der Waals surface area contributed by atoms with E-state index in [1.54, 1.807) is 24.3 Å². The van der Waals surface area contributed by atoms with Crippen molar-refractivity contribution < 1.29 is 24.2 Å². The average Bonchev–Trinajstić information content (AvgIpc) is 2.55. The molecule has 0 spiro atoms. The van der Waals surface area contributed by atoms with Crippen LogP contribution in [0.3, 0.4) is 0 Å². The van der Waals surface area contributed by atoms with Gasteiger partial charge in [-0.2, -0.15) is 0 Å². The van der Waals surface area contributed by atoms with E-state index in [0.29, 0.717) is 15.7 Å². The highest BCUT2D eigenvalue weighted by Gasteiger charge is 2.15. The van der Waals surface area contributed by atoms with Crippen molar-refractivity contribution in [3.05, 3.63) is 58.1 Å². The zero-order valence-electron chi connectivity index (χ0n) is 12.7. The van der Waals surface area contributed by atoms with Crippen LogP contribution in [0, 0.1) is 0 Å². The molecule has 7 heteroatoms. The zero-order valence-corrected chi connectivity index (χ0v) is 14.3. The van der Waals surface area contributed by atoms with Gasteiger partial charge in [-0.1, -0.05) is 28.1 Å². The lowest BCUT2D eigenvalue weighted by molar-refractivity contribution is -0.119. The summed E-state index contributed by atoms with van der Waals surface area (Å²) in [6, 6.07) is 10.7. The molecular weight excluding hydrogens is 378 g/mol. The van der Waals surface area contributed by atoms with E-state index in [2.05, 4.69) is 21.2 Å². The van der Waals surface area contributed by atoms with Crippen molar-refractivity contribution in [2.24, 2.45) is 0 Å². The fourth-order valence-corrected chi connectivity index (χ4v) is 2.25. The first-order valence-corrected chi connectivity index (χ1v) is 7.72. The molecule has 0 bridgehead atoms. The van der Waals surface area contributed by atoms with Crippen molar-refractivity contribution in [3.63, 3.8) is 0 Å². The molecular formula is C17H14BrNO5. The zero-order chi connectivity index (χ0) is 17.7. The van der Waals surface area contributed by atoms with Gasteiger partial charge in [-0.3, -0.25) is 9.59 Å². The van der Waals surface area contributed by atoms with E-state index in [-0.39, 0.29) is 17.1 Å². The molecule has 0 saturated carbocycles. The number of phenolic OH excluding ortho intramolecular Hbond substituents is 1. The Bertz CT molecular complexity index is 803. The van der Waals surface area contributed by atoms with E-state index in [0.717, 1.165) is 0 Å². The molecule has 1 amide bonds. The quantitative estimate of drug-likeness (QED) is 0.603. The Morgan fingerprint density at radius 3 is 2.62 bits per heavy atom. The third kappa shape index (κ3) is 4.66. The maximum absolute atomic E-state index is 11.9. The van der Waals surface area contributed by atoms with Gasteiger partial charge in [0.25, 0.3) is 5.91 Å². The van der Waals surface area contributed by atoms with Gasteiger partial charge in [-0.15, -0.1) is 0 Å². The molecule has 0 aromatic heterocycles. The highest BCUT2D eigenvalue weighted by Crippen LogP contribution is 2.22. The van der Waals surface area contributed by atoms with Crippen LogP contribution in [0.25, 0.3) is 0 Å². The van der Waals surface area contributed by atoms with Gasteiger partial charge in [0, 0.05) is 15.7 Å². The van der Waals surface area contributed by atoms with Crippen LogP contribution in [-0.4, -0.2) is 29.4 Å². The van der Waals surface area contributed by atoms with Gasteiger partial charge in [0.1, 0.15) is 11.3 Å². The molecule has 0 heterocycles. The monoisotopic (exact) mass is 391 g/mol. The number of rotatable bonds is 5. The van der Waals surface area contributed by atoms with Gasteiger partial charge in [0.2, 0.25) is 0 Å². The standard InChI is InChI=1S/C17H14BrNO5/c1-10(20)11-3-2-4-13(7-11)19-16(22)9-24-17(23)14-8-12(18)5-6-15(14)21/h2-8,21H,9H2,1H3,(H,19,22). The first-order chi connectivity index (χ1) is 11.4. The van der Waals surface area contributed by atoms with Crippen LogP contribution in [0.15, 0.2) is 46.9 Å². The number of amides is 1. The van der Waals surface area contributed by atoms with Crippen LogP contribution in [0.1, 0.15) is 27.6 Å². The number of halogens is 1. The van der Waals surface area contributed by atoms with Crippen molar-refractivity contribution in [3.8, 4) is 5.75 Å². The van der Waals surface area contributed by atoms with Crippen LogP contribution < -0.4 is 5.32 Å². The van der Waals surface area contributed by atoms with E-state index in [4.69, 9.17) is 4.74 Å².